The lowest BCUT2D eigenvalue weighted by Crippen LogP contribution is -2.40. The number of rotatable bonds is 3. The minimum atomic E-state index is -0.293. The second kappa shape index (κ2) is 3.94. The Morgan fingerprint density at radius 3 is 3.00 bits per heavy atom. The number of nitrogens with zero attached hydrogens (tertiary/aromatic N) is 1. The molecule has 4 N–H and O–H groups in total. The number of furan rings is 1. The Hall–Kier alpha value is -1.49. The van der Waals surface area contributed by atoms with Crippen LogP contribution in [0.5, 0.6) is 0 Å². The number of carbonyl (C=O) groups is 1. The van der Waals surface area contributed by atoms with Gasteiger partial charge in [-0.15, -0.1) is 0 Å². The molecule has 1 aromatic rings. The SMILES string of the molecule is NCc1ccc(N2CCCC2C(N)=O)o1. The molecule has 1 aromatic heterocycles. The largest absolute Gasteiger partial charge is 0.444 e. The number of carbonyl (C=O) groups excluding carboxylic acids is 1. The average Bonchev–Trinajstić information content (AvgIpc) is 2.85. The molecule has 2 rings (SSSR count). The van der Waals surface area contributed by atoms with Gasteiger partial charge in [0.2, 0.25) is 5.91 Å². The molecule has 82 valence electrons. The van der Waals surface area contributed by atoms with Crippen LogP contribution >= 0.6 is 0 Å². The maximum absolute atomic E-state index is 11.2. The fourth-order valence-electron chi connectivity index (χ4n) is 1.96. The Labute approximate surface area is 88.0 Å². The van der Waals surface area contributed by atoms with Gasteiger partial charge >= 0.3 is 0 Å². The van der Waals surface area contributed by atoms with E-state index in [1.54, 1.807) is 0 Å². The van der Waals surface area contributed by atoms with Crippen LogP contribution in [0.1, 0.15) is 18.6 Å². The van der Waals surface area contributed by atoms with E-state index in [-0.39, 0.29) is 11.9 Å². The van der Waals surface area contributed by atoms with Crippen LogP contribution in [-0.2, 0) is 11.3 Å². The van der Waals surface area contributed by atoms with Gasteiger partial charge in [-0.2, -0.15) is 0 Å². The molecule has 1 atom stereocenters. The third kappa shape index (κ3) is 1.83. The topological polar surface area (TPSA) is 85.5 Å². The van der Waals surface area contributed by atoms with Crippen LogP contribution in [-0.4, -0.2) is 18.5 Å². The number of hydrogen-bond acceptors (Lipinski definition) is 4. The van der Waals surface area contributed by atoms with E-state index < -0.39 is 0 Å². The van der Waals surface area contributed by atoms with Crippen molar-refractivity contribution in [2.45, 2.75) is 25.4 Å². The van der Waals surface area contributed by atoms with Crippen LogP contribution < -0.4 is 16.4 Å². The molecular weight excluding hydrogens is 194 g/mol. The summed E-state index contributed by atoms with van der Waals surface area (Å²) in [6.45, 7) is 1.18. The van der Waals surface area contributed by atoms with Gasteiger partial charge in [0.15, 0.2) is 5.88 Å². The maximum atomic E-state index is 11.2. The van der Waals surface area contributed by atoms with Crippen molar-refractivity contribution in [1.29, 1.82) is 0 Å². The van der Waals surface area contributed by atoms with E-state index in [4.69, 9.17) is 15.9 Å². The molecule has 1 unspecified atom stereocenters. The van der Waals surface area contributed by atoms with E-state index in [0.29, 0.717) is 12.4 Å². The Bertz CT molecular complexity index is 361. The summed E-state index contributed by atoms with van der Waals surface area (Å²) in [6.07, 6.45) is 1.76. The lowest BCUT2D eigenvalue weighted by molar-refractivity contribution is -0.119. The Morgan fingerprint density at radius 1 is 1.60 bits per heavy atom. The fourth-order valence-corrected chi connectivity index (χ4v) is 1.96. The number of anilines is 1. The molecule has 0 bridgehead atoms. The monoisotopic (exact) mass is 209 g/mol. The zero-order valence-electron chi connectivity index (χ0n) is 8.48. The number of hydrogen-bond donors (Lipinski definition) is 2. The molecule has 2 heterocycles. The Kier molecular flexibility index (Phi) is 2.64. The van der Waals surface area contributed by atoms with Crippen molar-refractivity contribution in [3.05, 3.63) is 17.9 Å². The highest BCUT2D eigenvalue weighted by Crippen LogP contribution is 2.27. The molecule has 0 saturated carbocycles. The second-order valence-corrected chi connectivity index (χ2v) is 3.70. The first-order valence-corrected chi connectivity index (χ1v) is 5.07. The van der Waals surface area contributed by atoms with Gasteiger partial charge in [0.1, 0.15) is 11.8 Å². The van der Waals surface area contributed by atoms with Gasteiger partial charge in [-0.3, -0.25) is 4.79 Å². The predicted octanol–water partition coefficient (Wildman–Crippen LogP) is 0.192. The number of nitrogens with two attached hydrogens (primary N) is 2. The molecule has 1 aliphatic heterocycles. The van der Waals surface area contributed by atoms with Crippen molar-refractivity contribution < 1.29 is 9.21 Å². The van der Waals surface area contributed by atoms with E-state index in [9.17, 15) is 4.79 Å². The third-order valence-electron chi connectivity index (χ3n) is 2.71. The molecule has 1 fully saturated rings. The standard InChI is InChI=1S/C10H15N3O2/c11-6-7-3-4-9(15-7)13-5-1-2-8(13)10(12)14/h3-4,8H,1-2,5-6,11H2,(H2,12,14). The van der Waals surface area contributed by atoms with Gasteiger partial charge < -0.3 is 20.8 Å². The zero-order chi connectivity index (χ0) is 10.8. The molecule has 0 spiro atoms. The molecule has 1 saturated heterocycles. The quantitative estimate of drug-likeness (QED) is 0.744. The highest BCUT2D eigenvalue weighted by atomic mass is 16.4. The summed E-state index contributed by atoms with van der Waals surface area (Å²) in [6, 6.07) is 3.43. The van der Waals surface area contributed by atoms with Crippen LogP contribution in [0.25, 0.3) is 0 Å². The van der Waals surface area contributed by atoms with Gasteiger partial charge in [0, 0.05) is 12.6 Å². The smallest absolute Gasteiger partial charge is 0.240 e. The minimum absolute atomic E-state index is 0.234. The van der Waals surface area contributed by atoms with Gasteiger partial charge in [-0.25, -0.2) is 0 Å². The van der Waals surface area contributed by atoms with E-state index in [1.165, 1.54) is 0 Å². The third-order valence-corrected chi connectivity index (χ3v) is 2.71. The van der Waals surface area contributed by atoms with Crippen molar-refractivity contribution in [3.8, 4) is 0 Å². The van der Waals surface area contributed by atoms with E-state index >= 15 is 0 Å². The number of amides is 1. The van der Waals surface area contributed by atoms with Crippen molar-refractivity contribution in [3.63, 3.8) is 0 Å². The van der Waals surface area contributed by atoms with Crippen molar-refractivity contribution in [1.82, 2.24) is 0 Å². The average molecular weight is 209 g/mol. The van der Waals surface area contributed by atoms with Gasteiger partial charge in [-0.1, -0.05) is 0 Å². The normalized spacial score (nSPS) is 20.9. The lowest BCUT2D eigenvalue weighted by atomic mass is 10.2. The van der Waals surface area contributed by atoms with E-state index in [0.717, 1.165) is 25.1 Å². The Morgan fingerprint density at radius 2 is 2.40 bits per heavy atom. The van der Waals surface area contributed by atoms with Crippen LogP contribution in [0.4, 0.5) is 5.88 Å². The molecule has 15 heavy (non-hydrogen) atoms. The first-order valence-electron chi connectivity index (χ1n) is 5.07. The summed E-state index contributed by atoms with van der Waals surface area (Å²) in [5.74, 6) is 1.12. The summed E-state index contributed by atoms with van der Waals surface area (Å²) in [5, 5.41) is 0. The summed E-state index contributed by atoms with van der Waals surface area (Å²) >= 11 is 0. The molecule has 0 radical (unpaired) electrons. The van der Waals surface area contributed by atoms with Crippen LogP contribution in [0.3, 0.4) is 0 Å². The van der Waals surface area contributed by atoms with E-state index in [1.807, 2.05) is 17.0 Å². The van der Waals surface area contributed by atoms with Crippen LogP contribution in [0.2, 0.25) is 0 Å². The highest BCUT2D eigenvalue weighted by molar-refractivity contribution is 5.83. The van der Waals surface area contributed by atoms with Gasteiger partial charge in [-0.05, 0) is 18.9 Å². The first kappa shape index (κ1) is 10.0. The molecule has 5 nitrogen and oxygen atoms in total. The minimum Gasteiger partial charge on any atom is -0.444 e. The molecule has 5 heteroatoms. The first-order chi connectivity index (χ1) is 7.22. The number of primary amides is 1. The predicted molar refractivity (Wildman–Crippen MR) is 56.2 cm³/mol. The van der Waals surface area contributed by atoms with Crippen LogP contribution in [0.15, 0.2) is 16.5 Å². The summed E-state index contributed by atoms with van der Waals surface area (Å²) < 4.78 is 5.49. The molecule has 1 aliphatic rings. The molecule has 0 aliphatic carbocycles. The zero-order valence-corrected chi connectivity index (χ0v) is 8.48. The summed E-state index contributed by atoms with van der Waals surface area (Å²) in [5.41, 5.74) is 10.8. The van der Waals surface area contributed by atoms with Crippen molar-refractivity contribution in [2.75, 3.05) is 11.4 Å². The van der Waals surface area contributed by atoms with Gasteiger partial charge in [0.05, 0.1) is 6.54 Å². The summed E-state index contributed by atoms with van der Waals surface area (Å²) in [7, 11) is 0. The van der Waals surface area contributed by atoms with Gasteiger partial charge in [0.25, 0.3) is 0 Å². The molecule has 0 aromatic carbocycles. The maximum Gasteiger partial charge on any atom is 0.240 e. The Balaban J connectivity index is 2.18. The fraction of sp³-hybridized carbons (Fsp3) is 0.500. The highest BCUT2D eigenvalue weighted by Gasteiger charge is 2.30. The molecular formula is C10H15N3O2. The van der Waals surface area contributed by atoms with Crippen molar-refractivity contribution in [2.24, 2.45) is 11.5 Å². The lowest BCUT2D eigenvalue weighted by Gasteiger charge is -2.20. The summed E-state index contributed by atoms with van der Waals surface area (Å²) in [4.78, 5) is 13.1. The van der Waals surface area contributed by atoms with E-state index in [2.05, 4.69) is 0 Å². The van der Waals surface area contributed by atoms with Crippen LogP contribution in [0, 0.1) is 0 Å². The molecule has 1 amide bonds. The second-order valence-electron chi connectivity index (χ2n) is 3.70. The van der Waals surface area contributed by atoms with Crippen molar-refractivity contribution >= 4 is 11.8 Å².